The van der Waals surface area contributed by atoms with Crippen LogP contribution in [0.3, 0.4) is 0 Å². The lowest BCUT2D eigenvalue weighted by molar-refractivity contribution is -0.126. The smallest absolute Gasteiger partial charge is 0.239 e. The minimum Gasteiger partial charge on any atom is -0.391 e. The van der Waals surface area contributed by atoms with Gasteiger partial charge in [-0.05, 0) is 19.3 Å². The standard InChI is InChI=1S/C10H22N2O2/c1-5-10(4,11)9(14)12-6-8(13)7(2)3/h7-8,13H,5-6,11H2,1-4H3,(H,12,14). The third-order valence-electron chi connectivity index (χ3n) is 2.49. The van der Waals surface area contributed by atoms with Crippen molar-refractivity contribution in [3.63, 3.8) is 0 Å². The molecule has 2 unspecified atom stereocenters. The summed E-state index contributed by atoms with van der Waals surface area (Å²) in [6.45, 7) is 7.61. The molecule has 14 heavy (non-hydrogen) atoms. The van der Waals surface area contributed by atoms with Crippen molar-refractivity contribution < 1.29 is 9.90 Å². The van der Waals surface area contributed by atoms with Gasteiger partial charge in [0.2, 0.25) is 5.91 Å². The van der Waals surface area contributed by atoms with E-state index >= 15 is 0 Å². The second-order valence-electron chi connectivity index (χ2n) is 4.29. The van der Waals surface area contributed by atoms with Crippen LogP contribution in [-0.4, -0.2) is 29.2 Å². The Hall–Kier alpha value is -0.610. The van der Waals surface area contributed by atoms with E-state index in [-0.39, 0.29) is 18.4 Å². The lowest BCUT2D eigenvalue weighted by atomic mass is 9.99. The molecule has 84 valence electrons. The van der Waals surface area contributed by atoms with Crippen LogP contribution >= 0.6 is 0 Å². The Balaban J connectivity index is 3.97. The average Bonchev–Trinajstić information content (AvgIpc) is 2.13. The van der Waals surface area contributed by atoms with Gasteiger partial charge in [-0.25, -0.2) is 0 Å². The summed E-state index contributed by atoms with van der Waals surface area (Å²) in [5, 5.41) is 12.1. The predicted molar refractivity (Wildman–Crippen MR) is 56.7 cm³/mol. The van der Waals surface area contributed by atoms with E-state index in [9.17, 15) is 9.90 Å². The molecule has 0 bridgehead atoms. The van der Waals surface area contributed by atoms with Gasteiger partial charge in [0, 0.05) is 6.54 Å². The molecule has 0 aliphatic carbocycles. The summed E-state index contributed by atoms with van der Waals surface area (Å²) < 4.78 is 0. The molecule has 2 atom stereocenters. The quantitative estimate of drug-likeness (QED) is 0.598. The summed E-state index contributed by atoms with van der Waals surface area (Å²) in [6, 6.07) is 0. The lowest BCUT2D eigenvalue weighted by Crippen LogP contribution is -2.52. The fourth-order valence-corrected chi connectivity index (χ4v) is 0.795. The number of aliphatic hydroxyl groups excluding tert-OH is 1. The first-order valence-electron chi connectivity index (χ1n) is 5.06. The highest BCUT2D eigenvalue weighted by Gasteiger charge is 2.26. The van der Waals surface area contributed by atoms with Gasteiger partial charge in [0.25, 0.3) is 0 Å². The van der Waals surface area contributed by atoms with Crippen molar-refractivity contribution in [2.75, 3.05) is 6.54 Å². The molecule has 0 saturated heterocycles. The van der Waals surface area contributed by atoms with Crippen molar-refractivity contribution in [2.24, 2.45) is 11.7 Å². The summed E-state index contributed by atoms with van der Waals surface area (Å²) in [5.74, 6) is -0.0688. The van der Waals surface area contributed by atoms with E-state index in [1.165, 1.54) is 0 Å². The second kappa shape index (κ2) is 5.32. The SMILES string of the molecule is CCC(C)(N)C(=O)NCC(O)C(C)C. The second-order valence-corrected chi connectivity index (χ2v) is 4.29. The van der Waals surface area contributed by atoms with Gasteiger partial charge >= 0.3 is 0 Å². The number of carbonyl (C=O) groups excluding carboxylic acids is 1. The van der Waals surface area contributed by atoms with Crippen molar-refractivity contribution in [3.8, 4) is 0 Å². The Morgan fingerprint density at radius 1 is 1.57 bits per heavy atom. The van der Waals surface area contributed by atoms with Gasteiger partial charge in [-0.2, -0.15) is 0 Å². The molecule has 0 radical (unpaired) electrons. The van der Waals surface area contributed by atoms with Crippen LogP contribution in [0.25, 0.3) is 0 Å². The van der Waals surface area contributed by atoms with Crippen molar-refractivity contribution >= 4 is 5.91 Å². The highest BCUT2D eigenvalue weighted by atomic mass is 16.3. The number of hydrogen-bond donors (Lipinski definition) is 3. The van der Waals surface area contributed by atoms with Gasteiger partial charge in [-0.15, -0.1) is 0 Å². The molecule has 0 aliphatic heterocycles. The van der Waals surface area contributed by atoms with E-state index in [0.717, 1.165) is 0 Å². The highest BCUT2D eigenvalue weighted by molar-refractivity contribution is 5.85. The minimum atomic E-state index is -0.837. The Kier molecular flexibility index (Phi) is 5.08. The molecule has 0 spiro atoms. The van der Waals surface area contributed by atoms with Crippen LogP contribution in [0.1, 0.15) is 34.1 Å². The highest BCUT2D eigenvalue weighted by Crippen LogP contribution is 2.05. The molecule has 0 aromatic rings. The third-order valence-corrected chi connectivity index (χ3v) is 2.49. The van der Waals surface area contributed by atoms with E-state index in [2.05, 4.69) is 5.32 Å². The number of amides is 1. The molecule has 0 rings (SSSR count). The van der Waals surface area contributed by atoms with E-state index in [1.54, 1.807) is 6.92 Å². The molecule has 0 fully saturated rings. The zero-order valence-electron chi connectivity index (χ0n) is 9.50. The summed E-state index contributed by atoms with van der Waals surface area (Å²) >= 11 is 0. The summed E-state index contributed by atoms with van der Waals surface area (Å²) in [5.41, 5.74) is 4.89. The number of rotatable bonds is 5. The Morgan fingerprint density at radius 3 is 2.43 bits per heavy atom. The van der Waals surface area contributed by atoms with Crippen molar-refractivity contribution in [1.82, 2.24) is 5.32 Å². The van der Waals surface area contributed by atoms with Crippen molar-refractivity contribution in [2.45, 2.75) is 45.8 Å². The maximum Gasteiger partial charge on any atom is 0.239 e. The Bertz CT molecular complexity index is 191. The van der Waals surface area contributed by atoms with Crippen LogP contribution in [0.15, 0.2) is 0 Å². The van der Waals surface area contributed by atoms with E-state index in [1.807, 2.05) is 20.8 Å². The maximum absolute atomic E-state index is 11.5. The first-order valence-corrected chi connectivity index (χ1v) is 5.06. The molecule has 4 N–H and O–H groups in total. The van der Waals surface area contributed by atoms with Crippen LogP contribution in [-0.2, 0) is 4.79 Å². The fourth-order valence-electron chi connectivity index (χ4n) is 0.795. The number of aliphatic hydroxyl groups is 1. The molecule has 4 nitrogen and oxygen atoms in total. The van der Waals surface area contributed by atoms with E-state index in [0.29, 0.717) is 6.42 Å². The lowest BCUT2D eigenvalue weighted by Gasteiger charge is -2.23. The molecule has 0 aromatic carbocycles. The summed E-state index contributed by atoms with van der Waals surface area (Å²) in [7, 11) is 0. The van der Waals surface area contributed by atoms with Gasteiger partial charge in [-0.1, -0.05) is 20.8 Å². The zero-order chi connectivity index (χ0) is 11.4. The van der Waals surface area contributed by atoms with Crippen LogP contribution in [0.5, 0.6) is 0 Å². The normalized spacial score (nSPS) is 17.6. The topological polar surface area (TPSA) is 75.4 Å². The minimum absolute atomic E-state index is 0.140. The fraction of sp³-hybridized carbons (Fsp3) is 0.900. The number of nitrogens with two attached hydrogens (primary N) is 1. The first-order chi connectivity index (χ1) is 6.31. The van der Waals surface area contributed by atoms with Crippen LogP contribution in [0.2, 0.25) is 0 Å². The Labute approximate surface area is 85.9 Å². The number of hydrogen-bond acceptors (Lipinski definition) is 3. The zero-order valence-corrected chi connectivity index (χ0v) is 9.50. The summed E-state index contributed by atoms with van der Waals surface area (Å²) in [6.07, 6.45) is 0.0722. The van der Waals surface area contributed by atoms with Gasteiger partial charge in [-0.3, -0.25) is 4.79 Å². The number of carbonyl (C=O) groups is 1. The van der Waals surface area contributed by atoms with Gasteiger partial charge in [0.15, 0.2) is 0 Å². The van der Waals surface area contributed by atoms with Gasteiger partial charge in [0.05, 0.1) is 11.6 Å². The first kappa shape index (κ1) is 13.4. The molecule has 4 heteroatoms. The van der Waals surface area contributed by atoms with E-state index < -0.39 is 11.6 Å². The van der Waals surface area contributed by atoms with Crippen LogP contribution in [0, 0.1) is 5.92 Å². The molecule has 1 amide bonds. The van der Waals surface area contributed by atoms with Gasteiger partial charge < -0.3 is 16.2 Å². The molecule has 0 saturated carbocycles. The molecule has 0 aromatic heterocycles. The molecular formula is C10H22N2O2. The molecule has 0 aliphatic rings. The largest absolute Gasteiger partial charge is 0.391 e. The number of nitrogens with one attached hydrogen (secondary N) is 1. The third kappa shape index (κ3) is 4.07. The predicted octanol–water partition coefficient (Wildman–Crippen LogP) is 0.247. The Morgan fingerprint density at radius 2 is 2.07 bits per heavy atom. The molecule has 0 heterocycles. The maximum atomic E-state index is 11.5. The van der Waals surface area contributed by atoms with Crippen LogP contribution < -0.4 is 11.1 Å². The van der Waals surface area contributed by atoms with Crippen LogP contribution in [0.4, 0.5) is 0 Å². The average molecular weight is 202 g/mol. The monoisotopic (exact) mass is 202 g/mol. The molecular weight excluding hydrogens is 180 g/mol. The summed E-state index contributed by atoms with van der Waals surface area (Å²) in [4.78, 5) is 11.5. The van der Waals surface area contributed by atoms with E-state index in [4.69, 9.17) is 5.73 Å². The van der Waals surface area contributed by atoms with Crippen molar-refractivity contribution in [1.29, 1.82) is 0 Å². The van der Waals surface area contributed by atoms with Crippen molar-refractivity contribution in [3.05, 3.63) is 0 Å². The van der Waals surface area contributed by atoms with Gasteiger partial charge in [0.1, 0.15) is 0 Å².